The van der Waals surface area contributed by atoms with Crippen LogP contribution in [0.5, 0.6) is 0 Å². The quantitative estimate of drug-likeness (QED) is 0.876. The summed E-state index contributed by atoms with van der Waals surface area (Å²) in [7, 11) is -3.34. The summed E-state index contributed by atoms with van der Waals surface area (Å²) in [5.74, 6) is 0. The fraction of sp³-hybridized carbons (Fsp3) is 0.636. The molecule has 0 amide bonds. The van der Waals surface area contributed by atoms with E-state index in [0.717, 1.165) is 35.7 Å². The van der Waals surface area contributed by atoms with E-state index in [0.29, 0.717) is 4.90 Å². The number of nitrogens with one attached hydrogen (secondary N) is 2. The zero-order chi connectivity index (χ0) is 12.5. The minimum atomic E-state index is -3.34. The van der Waals surface area contributed by atoms with Crippen molar-refractivity contribution >= 4 is 21.4 Å². The third kappa shape index (κ3) is 3.07. The van der Waals surface area contributed by atoms with E-state index in [4.69, 9.17) is 0 Å². The summed E-state index contributed by atoms with van der Waals surface area (Å²) in [6.45, 7) is 5.56. The van der Waals surface area contributed by atoms with Crippen molar-refractivity contribution in [3.63, 3.8) is 0 Å². The maximum Gasteiger partial charge on any atom is 0.241 e. The SMILES string of the molecule is Cc1cc(S(=O)(=O)NC2CCNCC2)c(C)s1. The molecule has 0 bridgehead atoms. The number of sulfonamides is 1. The third-order valence-electron chi connectivity index (χ3n) is 2.95. The third-order valence-corrected chi connectivity index (χ3v) is 5.69. The predicted molar refractivity (Wildman–Crippen MR) is 70.0 cm³/mol. The van der Waals surface area contributed by atoms with E-state index in [1.165, 1.54) is 11.3 Å². The van der Waals surface area contributed by atoms with Crippen LogP contribution < -0.4 is 10.0 Å². The van der Waals surface area contributed by atoms with Crippen molar-refractivity contribution in [3.8, 4) is 0 Å². The molecule has 1 fully saturated rings. The van der Waals surface area contributed by atoms with Gasteiger partial charge in [0.1, 0.15) is 0 Å². The van der Waals surface area contributed by atoms with E-state index in [-0.39, 0.29) is 6.04 Å². The van der Waals surface area contributed by atoms with Crippen LogP contribution in [0.2, 0.25) is 0 Å². The first-order valence-corrected chi connectivity index (χ1v) is 8.09. The minimum absolute atomic E-state index is 0.0702. The van der Waals surface area contributed by atoms with Crippen LogP contribution in [0, 0.1) is 13.8 Å². The van der Waals surface area contributed by atoms with Gasteiger partial charge in [-0.2, -0.15) is 0 Å². The molecule has 0 radical (unpaired) electrons. The lowest BCUT2D eigenvalue weighted by molar-refractivity contribution is 0.427. The van der Waals surface area contributed by atoms with Gasteiger partial charge in [0, 0.05) is 15.8 Å². The molecule has 1 aromatic rings. The van der Waals surface area contributed by atoms with Crippen molar-refractivity contribution < 1.29 is 8.42 Å². The molecule has 0 unspecified atom stereocenters. The van der Waals surface area contributed by atoms with Gasteiger partial charge in [-0.05, 0) is 45.8 Å². The molecule has 0 atom stereocenters. The molecule has 17 heavy (non-hydrogen) atoms. The molecule has 1 aromatic heterocycles. The highest BCUT2D eigenvalue weighted by Crippen LogP contribution is 2.25. The molecule has 2 N–H and O–H groups in total. The second-order valence-corrected chi connectivity index (χ2v) is 7.57. The van der Waals surface area contributed by atoms with Crippen LogP contribution in [0.3, 0.4) is 0 Å². The summed E-state index contributed by atoms with van der Waals surface area (Å²) in [6, 6.07) is 1.82. The fourth-order valence-electron chi connectivity index (χ4n) is 2.10. The van der Waals surface area contributed by atoms with Crippen LogP contribution >= 0.6 is 11.3 Å². The number of aryl methyl sites for hydroxylation is 2. The number of hydrogen-bond donors (Lipinski definition) is 2. The Morgan fingerprint density at radius 2 is 2.00 bits per heavy atom. The highest BCUT2D eigenvalue weighted by molar-refractivity contribution is 7.89. The lowest BCUT2D eigenvalue weighted by Gasteiger charge is -2.23. The van der Waals surface area contributed by atoms with Gasteiger partial charge in [0.05, 0.1) is 4.90 Å². The zero-order valence-electron chi connectivity index (χ0n) is 10.1. The standard InChI is InChI=1S/C11H18N2O2S2/c1-8-7-11(9(2)16-8)17(14,15)13-10-3-5-12-6-4-10/h7,10,12-13H,3-6H2,1-2H3. The van der Waals surface area contributed by atoms with E-state index in [1.54, 1.807) is 6.07 Å². The Kier molecular flexibility index (Phi) is 3.87. The Bertz CT molecular complexity index is 488. The van der Waals surface area contributed by atoms with Gasteiger partial charge in [-0.15, -0.1) is 11.3 Å². The molecule has 1 aliphatic rings. The van der Waals surface area contributed by atoms with E-state index in [9.17, 15) is 8.42 Å². The molecule has 1 saturated heterocycles. The van der Waals surface area contributed by atoms with Crippen LogP contribution in [0.25, 0.3) is 0 Å². The van der Waals surface area contributed by atoms with Crippen molar-refractivity contribution in [2.24, 2.45) is 0 Å². The Hall–Kier alpha value is -0.430. The topological polar surface area (TPSA) is 58.2 Å². The molecule has 0 aliphatic carbocycles. The van der Waals surface area contributed by atoms with Crippen LogP contribution in [0.4, 0.5) is 0 Å². The molecule has 2 heterocycles. The maximum atomic E-state index is 12.2. The first kappa shape index (κ1) is 13.0. The van der Waals surface area contributed by atoms with E-state index < -0.39 is 10.0 Å². The van der Waals surface area contributed by atoms with E-state index in [1.807, 2.05) is 13.8 Å². The van der Waals surface area contributed by atoms with Crippen molar-refractivity contribution in [1.82, 2.24) is 10.0 Å². The number of rotatable bonds is 3. The summed E-state index contributed by atoms with van der Waals surface area (Å²) in [6.07, 6.45) is 1.72. The Morgan fingerprint density at radius 1 is 1.35 bits per heavy atom. The smallest absolute Gasteiger partial charge is 0.241 e. The predicted octanol–water partition coefficient (Wildman–Crippen LogP) is 1.40. The second kappa shape index (κ2) is 5.06. The monoisotopic (exact) mass is 274 g/mol. The lowest BCUT2D eigenvalue weighted by atomic mass is 10.1. The molecular formula is C11H18N2O2S2. The normalized spacial score (nSPS) is 18.5. The van der Waals surface area contributed by atoms with Gasteiger partial charge in [0.15, 0.2) is 0 Å². The Morgan fingerprint density at radius 3 is 2.53 bits per heavy atom. The van der Waals surface area contributed by atoms with Gasteiger partial charge in [-0.1, -0.05) is 0 Å². The summed E-state index contributed by atoms with van der Waals surface area (Å²) < 4.78 is 27.2. The van der Waals surface area contributed by atoms with Crippen molar-refractivity contribution in [1.29, 1.82) is 0 Å². The fourth-order valence-corrected chi connectivity index (χ4v) is 4.96. The van der Waals surface area contributed by atoms with E-state index >= 15 is 0 Å². The maximum absolute atomic E-state index is 12.2. The van der Waals surface area contributed by atoms with Crippen LogP contribution in [0.15, 0.2) is 11.0 Å². The van der Waals surface area contributed by atoms with Crippen LogP contribution in [0.1, 0.15) is 22.6 Å². The number of thiophene rings is 1. The molecule has 2 rings (SSSR count). The van der Waals surface area contributed by atoms with E-state index in [2.05, 4.69) is 10.0 Å². The van der Waals surface area contributed by atoms with Crippen molar-refractivity contribution in [3.05, 3.63) is 15.8 Å². The Balaban J connectivity index is 2.15. The first-order valence-electron chi connectivity index (χ1n) is 5.79. The lowest BCUT2D eigenvalue weighted by Crippen LogP contribution is -2.42. The molecule has 0 saturated carbocycles. The summed E-state index contributed by atoms with van der Waals surface area (Å²) in [5, 5.41) is 3.22. The van der Waals surface area contributed by atoms with Crippen LogP contribution in [-0.4, -0.2) is 27.5 Å². The van der Waals surface area contributed by atoms with Crippen molar-refractivity contribution in [2.45, 2.75) is 37.6 Å². The zero-order valence-corrected chi connectivity index (χ0v) is 11.7. The molecular weight excluding hydrogens is 256 g/mol. The molecule has 0 spiro atoms. The van der Waals surface area contributed by atoms with Crippen LogP contribution in [-0.2, 0) is 10.0 Å². The Labute approximate surface area is 106 Å². The summed E-state index contributed by atoms with van der Waals surface area (Å²) in [5.41, 5.74) is 0. The average Bonchev–Trinajstić information content (AvgIpc) is 2.59. The molecule has 96 valence electrons. The first-order chi connectivity index (χ1) is 7.99. The number of hydrogen-bond acceptors (Lipinski definition) is 4. The molecule has 0 aromatic carbocycles. The largest absolute Gasteiger partial charge is 0.317 e. The summed E-state index contributed by atoms with van der Waals surface area (Å²) in [4.78, 5) is 2.34. The van der Waals surface area contributed by atoms with Gasteiger partial charge in [0.2, 0.25) is 10.0 Å². The van der Waals surface area contributed by atoms with Gasteiger partial charge in [-0.3, -0.25) is 0 Å². The van der Waals surface area contributed by atoms with Crippen molar-refractivity contribution in [2.75, 3.05) is 13.1 Å². The van der Waals surface area contributed by atoms with Gasteiger partial charge < -0.3 is 5.32 Å². The number of piperidine rings is 1. The second-order valence-electron chi connectivity index (χ2n) is 4.42. The van der Waals surface area contributed by atoms with Gasteiger partial charge in [-0.25, -0.2) is 13.1 Å². The highest BCUT2D eigenvalue weighted by Gasteiger charge is 2.24. The highest BCUT2D eigenvalue weighted by atomic mass is 32.2. The molecule has 1 aliphatic heterocycles. The summed E-state index contributed by atoms with van der Waals surface area (Å²) >= 11 is 1.53. The van der Waals surface area contributed by atoms with Gasteiger partial charge >= 0.3 is 0 Å². The average molecular weight is 274 g/mol. The molecule has 6 heteroatoms. The minimum Gasteiger partial charge on any atom is -0.317 e. The molecule has 4 nitrogen and oxygen atoms in total. The van der Waals surface area contributed by atoms with Gasteiger partial charge in [0.25, 0.3) is 0 Å².